The van der Waals surface area contributed by atoms with Gasteiger partial charge in [0.1, 0.15) is 35.5 Å². The fourth-order valence-corrected chi connectivity index (χ4v) is 12.3. The molecule has 3 saturated heterocycles. The van der Waals surface area contributed by atoms with Crippen molar-refractivity contribution < 1.29 is 49.3 Å². The van der Waals surface area contributed by atoms with Crippen molar-refractivity contribution in [1.29, 1.82) is 0 Å². The second kappa shape index (κ2) is 18.0. The largest absolute Gasteiger partial charge is 0.394 e. The molecule has 0 amide bonds. The summed E-state index contributed by atoms with van der Waals surface area (Å²) in [6.45, 7) is 0.893. The maximum Gasteiger partial charge on any atom is 0.188 e. The van der Waals surface area contributed by atoms with Crippen LogP contribution in [0.2, 0.25) is 0 Å². The lowest BCUT2D eigenvalue weighted by Crippen LogP contribution is -2.69. The maximum absolute atomic E-state index is 14.9. The standard InChI is InChI=1S/C40H69N7O10/c1-44-39(43)47-25-5-4-20(11-19-3-6-28(41)46-16-19)22-15-24-32(34(50)30(22)25)35(51)31-23(33(24)49)13-21(55-2)14-26(31)56-38-36(52)37(53)40(54,27(17-48)57-38)9-7-18-8-10-45-29(42)12-18/h18-32,34,36-38,45-46,48,50,52-54H,3-17,41-42H2,1-2H3,(H3,43,44,47). The minimum absolute atomic E-state index is 0.00712. The SMILES string of the molecule is CN=C(N)NC1CCC(CC2CCC(N)NC2)C2CC3C(=O)C4CC(OC)CC(OC5OC(CO)C(O)(CCC6CCNC(N)C6)C(O)C5O)C4C(=O)C3C(O)C12. The predicted octanol–water partition coefficient (Wildman–Crippen LogP) is -1.98. The Kier molecular flexibility index (Phi) is 13.7. The molecule has 7 fully saturated rings. The summed E-state index contributed by atoms with van der Waals surface area (Å²) in [6.07, 6.45) is -1.53. The molecule has 0 bridgehead atoms. The van der Waals surface area contributed by atoms with Crippen LogP contribution in [0.1, 0.15) is 77.0 Å². The van der Waals surface area contributed by atoms with E-state index in [1.165, 1.54) is 0 Å². The first-order valence-corrected chi connectivity index (χ1v) is 21.5. The summed E-state index contributed by atoms with van der Waals surface area (Å²) in [5.41, 5.74) is 16.4. The van der Waals surface area contributed by atoms with Crippen molar-refractivity contribution >= 4 is 17.5 Å². The van der Waals surface area contributed by atoms with Crippen molar-refractivity contribution in [3.05, 3.63) is 0 Å². The third-order valence-electron chi connectivity index (χ3n) is 15.4. The number of carbonyl (C=O) groups is 2. The number of nitrogens with one attached hydrogen (secondary N) is 3. The first-order chi connectivity index (χ1) is 27.3. The molecule has 0 aromatic carbocycles. The summed E-state index contributed by atoms with van der Waals surface area (Å²) >= 11 is 0. The molecule has 324 valence electrons. The average Bonchev–Trinajstić information content (AvgIpc) is 3.20. The van der Waals surface area contributed by atoms with E-state index in [1.54, 1.807) is 14.2 Å². The van der Waals surface area contributed by atoms with Crippen LogP contribution in [0.4, 0.5) is 0 Å². The third kappa shape index (κ3) is 8.55. The Balaban J connectivity index is 1.11. The molecule has 17 nitrogen and oxygen atoms in total. The van der Waals surface area contributed by atoms with Crippen molar-refractivity contribution in [3.63, 3.8) is 0 Å². The number of aliphatic hydroxyl groups is 5. The van der Waals surface area contributed by atoms with E-state index in [4.69, 9.17) is 31.4 Å². The summed E-state index contributed by atoms with van der Waals surface area (Å²) in [6, 6.07) is -0.242. The Morgan fingerprint density at radius 2 is 1.72 bits per heavy atom. The number of hydrogen-bond donors (Lipinski definition) is 11. The summed E-state index contributed by atoms with van der Waals surface area (Å²) in [7, 11) is 3.14. The molecule has 3 heterocycles. The highest BCUT2D eigenvalue weighted by Crippen LogP contribution is 2.55. The van der Waals surface area contributed by atoms with Crippen LogP contribution in [0.3, 0.4) is 0 Å². The molecule has 17 heteroatoms. The van der Waals surface area contributed by atoms with Crippen molar-refractivity contribution in [2.45, 2.75) is 144 Å². The Labute approximate surface area is 335 Å². The second-order valence-corrected chi connectivity index (χ2v) is 18.5. The van der Waals surface area contributed by atoms with Gasteiger partial charge in [-0.2, -0.15) is 0 Å². The number of nitrogens with two attached hydrogens (primary N) is 3. The second-order valence-electron chi connectivity index (χ2n) is 18.5. The van der Waals surface area contributed by atoms with Crippen molar-refractivity contribution in [2.24, 2.45) is 75.5 Å². The van der Waals surface area contributed by atoms with Crippen LogP contribution in [-0.2, 0) is 23.8 Å². The van der Waals surface area contributed by atoms with Crippen molar-refractivity contribution in [2.75, 3.05) is 33.9 Å². The molecule has 7 aliphatic rings. The minimum Gasteiger partial charge on any atom is -0.394 e. The van der Waals surface area contributed by atoms with Gasteiger partial charge in [-0.25, -0.2) is 0 Å². The van der Waals surface area contributed by atoms with Gasteiger partial charge >= 0.3 is 0 Å². The molecule has 0 aromatic rings. The molecular weight excluding hydrogens is 738 g/mol. The quantitative estimate of drug-likeness (QED) is 0.0842. The first-order valence-electron chi connectivity index (χ1n) is 21.5. The van der Waals surface area contributed by atoms with E-state index in [1.807, 2.05) is 0 Å². The first kappa shape index (κ1) is 43.2. The fraction of sp³-hybridized carbons (Fsp3) is 0.925. The van der Waals surface area contributed by atoms with Gasteiger partial charge in [-0.05, 0) is 107 Å². The highest BCUT2D eigenvalue weighted by Gasteiger charge is 2.63. The molecule has 14 N–H and O–H groups in total. The van der Waals surface area contributed by atoms with Gasteiger partial charge in [0, 0.05) is 44.4 Å². The minimum atomic E-state index is -1.98. The van der Waals surface area contributed by atoms with Gasteiger partial charge in [0.05, 0.1) is 49.1 Å². The average molecular weight is 808 g/mol. The lowest BCUT2D eigenvalue weighted by molar-refractivity contribution is -0.346. The van der Waals surface area contributed by atoms with Crippen LogP contribution >= 0.6 is 0 Å². The van der Waals surface area contributed by atoms with Gasteiger partial charge in [-0.1, -0.05) is 0 Å². The normalized spacial score (nSPS) is 49.4. The summed E-state index contributed by atoms with van der Waals surface area (Å²) in [4.78, 5) is 33.8. The number of methoxy groups -OCH3 is 1. The number of piperidine rings is 2. The Morgan fingerprint density at radius 1 is 0.947 bits per heavy atom. The number of Topliss-reactive ketones (excluding diaryl/α,β-unsaturated/α-hetero) is 2. The van der Waals surface area contributed by atoms with E-state index in [2.05, 4.69) is 20.9 Å². The van der Waals surface area contributed by atoms with E-state index < -0.39 is 78.8 Å². The lowest BCUT2D eigenvalue weighted by Gasteiger charge is -2.57. The van der Waals surface area contributed by atoms with Crippen LogP contribution in [0.15, 0.2) is 4.99 Å². The summed E-state index contributed by atoms with van der Waals surface area (Å²) in [5, 5.41) is 67.3. The Hall–Kier alpha value is -1.87. The van der Waals surface area contributed by atoms with E-state index in [0.717, 1.165) is 51.6 Å². The molecule has 4 aliphatic carbocycles. The Morgan fingerprint density at radius 3 is 2.40 bits per heavy atom. The molecular formula is C40H69N7O10. The third-order valence-corrected chi connectivity index (χ3v) is 15.4. The van der Waals surface area contributed by atoms with Gasteiger partial charge in [-0.15, -0.1) is 0 Å². The van der Waals surface area contributed by atoms with E-state index in [-0.39, 0.29) is 72.4 Å². The highest BCUT2D eigenvalue weighted by molar-refractivity contribution is 6.00. The monoisotopic (exact) mass is 808 g/mol. The van der Waals surface area contributed by atoms with Gasteiger partial charge in [0.2, 0.25) is 0 Å². The zero-order valence-electron chi connectivity index (χ0n) is 33.5. The van der Waals surface area contributed by atoms with Crippen LogP contribution in [0.25, 0.3) is 0 Å². The van der Waals surface area contributed by atoms with Crippen molar-refractivity contribution in [3.8, 4) is 0 Å². The number of aliphatic imine (C=N–C) groups is 1. The summed E-state index contributed by atoms with van der Waals surface area (Å²) in [5.74, 6) is -2.99. The molecule has 20 atom stereocenters. The van der Waals surface area contributed by atoms with Gasteiger partial charge < -0.3 is 72.9 Å². The van der Waals surface area contributed by atoms with Crippen LogP contribution in [0.5, 0.6) is 0 Å². The number of ketones is 2. The van der Waals surface area contributed by atoms with Crippen LogP contribution in [-0.4, -0.2) is 144 Å². The zero-order valence-corrected chi connectivity index (χ0v) is 33.5. The van der Waals surface area contributed by atoms with E-state index in [9.17, 15) is 35.1 Å². The number of rotatable bonds is 10. The van der Waals surface area contributed by atoms with E-state index >= 15 is 0 Å². The molecule has 4 saturated carbocycles. The molecule has 57 heavy (non-hydrogen) atoms. The van der Waals surface area contributed by atoms with Crippen molar-refractivity contribution in [1.82, 2.24) is 16.0 Å². The predicted molar refractivity (Wildman–Crippen MR) is 208 cm³/mol. The molecule has 0 radical (unpaired) electrons. The highest BCUT2D eigenvalue weighted by atomic mass is 16.7. The molecule has 0 spiro atoms. The topological polar surface area (TPSA) is 289 Å². The number of ether oxygens (including phenoxy) is 3. The van der Waals surface area contributed by atoms with Gasteiger partial charge in [-0.3, -0.25) is 14.6 Å². The van der Waals surface area contributed by atoms with Gasteiger partial charge in [0.25, 0.3) is 0 Å². The number of fused-ring (bicyclic) bond motifs is 3. The van der Waals surface area contributed by atoms with E-state index in [0.29, 0.717) is 31.6 Å². The molecule has 20 unspecified atom stereocenters. The number of hydrogen-bond acceptors (Lipinski definition) is 15. The summed E-state index contributed by atoms with van der Waals surface area (Å²) < 4.78 is 18.3. The Bertz CT molecular complexity index is 1430. The number of aliphatic hydroxyl groups excluding tert-OH is 4. The maximum atomic E-state index is 14.9. The van der Waals surface area contributed by atoms with Crippen LogP contribution < -0.4 is 33.2 Å². The number of guanidine groups is 1. The number of carbonyl (C=O) groups excluding carboxylic acids is 2. The molecule has 3 aliphatic heterocycles. The van der Waals surface area contributed by atoms with Crippen LogP contribution in [0, 0.1) is 53.3 Å². The zero-order chi connectivity index (χ0) is 40.8. The number of nitrogens with zero attached hydrogens (tertiary/aromatic N) is 1. The van der Waals surface area contributed by atoms with Gasteiger partial charge in [0.15, 0.2) is 12.2 Å². The molecule has 7 rings (SSSR count). The smallest absolute Gasteiger partial charge is 0.188 e. The fourth-order valence-electron chi connectivity index (χ4n) is 12.3. The molecule has 0 aromatic heterocycles. The lowest BCUT2D eigenvalue weighted by atomic mass is 9.49.